The Morgan fingerprint density at radius 3 is 2.50 bits per heavy atom. The molecule has 1 aliphatic rings. The Hall–Kier alpha value is -2.04. The van der Waals surface area contributed by atoms with E-state index in [9.17, 15) is 13.2 Å². The highest BCUT2D eigenvalue weighted by Crippen LogP contribution is 2.21. The van der Waals surface area contributed by atoms with Gasteiger partial charge in [0, 0.05) is 13.1 Å². The van der Waals surface area contributed by atoms with Crippen LogP contribution in [0.2, 0.25) is 0 Å². The smallest absolute Gasteiger partial charge is 0.407 e. The van der Waals surface area contributed by atoms with Gasteiger partial charge in [0.15, 0.2) is 0 Å². The lowest BCUT2D eigenvalue weighted by molar-refractivity contribution is 0.116. The zero-order valence-corrected chi connectivity index (χ0v) is 11.5. The van der Waals surface area contributed by atoms with Crippen molar-refractivity contribution >= 4 is 16.1 Å². The monoisotopic (exact) mass is 294 g/mol. The van der Waals surface area contributed by atoms with Crippen LogP contribution in [-0.4, -0.2) is 54.5 Å². The zero-order chi connectivity index (χ0) is 14.8. The van der Waals surface area contributed by atoms with Crippen molar-refractivity contribution in [3.05, 3.63) is 30.3 Å². The Bertz CT molecular complexity index is 636. The van der Waals surface area contributed by atoms with Crippen LogP contribution < -0.4 is 0 Å². The SMILES string of the molecule is C#CC1CN(C(=O)O)CCN1S(=O)(=O)c1ccccc1. The van der Waals surface area contributed by atoms with Gasteiger partial charge in [-0.05, 0) is 12.1 Å². The molecule has 0 bridgehead atoms. The number of amides is 1. The molecule has 1 amide bonds. The van der Waals surface area contributed by atoms with Crippen LogP contribution in [0, 0.1) is 12.3 Å². The maximum absolute atomic E-state index is 12.5. The van der Waals surface area contributed by atoms with E-state index in [1.807, 2.05) is 0 Å². The molecule has 20 heavy (non-hydrogen) atoms. The van der Waals surface area contributed by atoms with Gasteiger partial charge in [0.2, 0.25) is 10.0 Å². The normalized spacial score (nSPS) is 20.4. The lowest BCUT2D eigenvalue weighted by Gasteiger charge is -2.36. The Kier molecular flexibility index (Phi) is 3.97. The third-order valence-electron chi connectivity index (χ3n) is 3.14. The van der Waals surface area contributed by atoms with Gasteiger partial charge in [0.25, 0.3) is 0 Å². The van der Waals surface area contributed by atoms with E-state index in [0.29, 0.717) is 0 Å². The number of hydrogen-bond donors (Lipinski definition) is 1. The average molecular weight is 294 g/mol. The molecule has 1 atom stereocenters. The first-order chi connectivity index (χ1) is 9.46. The lowest BCUT2D eigenvalue weighted by atomic mass is 10.2. The van der Waals surface area contributed by atoms with Crippen LogP contribution in [0.1, 0.15) is 0 Å². The Balaban J connectivity index is 2.29. The highest BCUT2D eigenvalue weighted by Gasteiger charge is 2.36. The summed E-state index contributed by atoms with van der Waals surface area (Å²) in [5.74, 6) is 2.36. The first-order valence-corrected chi connectivity index (χ1v) is 7.41. The number of benzene rings is 1. The molecule has 0 radical (unpaired) electrons. The van der Waals surface area contributed by atoms with Gasteiger partial charge < -0.3 is 10.0 Å². The molecule has 2 rings (SSSR count). The summed E-state index contributed by atoms with van der Waals surface area (Å²) < 4.78 is 26.2. The van der Waals surface area contributed by atoms with Gasteiger partial charge in [-0.2, -0.15) is 4.31 Å². The minimum absolute atomic E-state index is 0.0160. The Morgan fingerprint density at radius 1 is 1.30 bits per heavy atom. The third kappa shape index (κ3) is 2.61. The van der Waals surface area contributed by atoms with Crippen molar-refractivity contribution in [3.63, 3.8) is 0 Å². The van der Waals surface area contributed by atoms with Crippen LogP contribution in [0.3, 0.4) is 0 Å². The first kappa shape index (κ1) is 14.4. The van der Waals surface area contributed by atoms with E-state index in [2.05, 4.69) is 5.92 Å². The number of hydrogen-bond acceptors (Lipinski definition) is 3. The number of nitrogens with zero attached hydrogens (tertiary/aromatic N) is 2. The summed E-state index contributed by atoms with van der Waals surface area (Å²) in [4.78, 5) is 12.2. The molecule has 0 aliphatic carbocycles. The van der Waals surface area contributed by atoms with Crippen LogP contribution in [0.5, 0.6) is 0 Å². The fraction of sp³-hybridized carbons (Fsp3) is 0.308. The second-order valence-corrected chi connectivity index (χ2v) is 6.23. The summed E-state index contributed by atoms with van der Waals surface area (Å²) in [6, 6.07) is 7.18. The van der Waals surface area contributed by atoms with Gasteiger partial charge >= 0.3 is 6.09 Å². The summed E-state index contributed by atoms with van der Waals surface area (Å²) in [7, 11) is -3.70. The maximum Gasteiger partial charge on any atom is 0.407 e. The van der Waals surface area contributed by atoms with E-state index in [0.717, 1.165) is 4.90 Å². The van der Waals surface area contributed by atoms with E-state index in [4.69, 9.17) is 11.5 Å². The Morgan fingerprint density at radius 2 is 1.95 bits per heavy atom. The number of piperazine rings is 1. The number of carbonyl (C=O) groups is 1. The molecule has 106 valence electrons. The highest BCUT2D eigenvalue weighted by atomic mass is 32.2. The average Bonchev–Trinajstić information content (AvgIpc) is 2.47. The number of rotatable bonds is 2. The lowest BCUT2D eigenvalue weighted by Crippen LogP contribution is -2.55. The van der Waals surface area contributed by atoms with Gasteiger partial charge in [-0.1, -0.05) is 24.1 Å². The second kappa shape index (κ2) is 5.53. The number of terminal acetylenes is 1. The number of carboxylic acid groups (broad SMARTS) is 1. The van der Waals surface area contributed by atoms with E-state index < -0.39 is 22.2 Å². The predicted molar refractivity (Wildman–Crippen MR) is 72.6 cm³/mol. The standard InChI is InChI=1S/C13H14N2O4S/c1-2-11-10-14(13(16)17)8-9-15(11)20(18,19)12-6-4-3-5-7-12/h1,3-7,11H,8-10H2,(H,16,17). The summed E-state index contributed by atoms with van der Waals surface area (Å²) in [6.45, 7) is 0.149. The topological polar surface area (TPSA) is 77.9 Å². The summed E-state index contributed by atoms with van der Waals surface area (Å²) in [5.41, 5.74) is 0. The molecule has 1 aromatic rings. The summed E-state index contributed by atoms with van der Waals surface area (Å²) in [6.07, 6.45) is 4.26. The van der Waals surface area contributed by atoms with E-state index in [1.165, 1.54) is 16.4 Å². The van der Waals surface area contributed by atoms with Crippen LogP contribution in [0.25, 0.3) is 0 Å². The van der Waals surface area contributed by atoms with Crippen molar-refractivity contribution in [2.45, 2.75) is 10.9 Å². The molecule has 1 saturated heterocycles. The molecule has 1 heterocycles. The largest absolute Gasteiger partial charge is 0.465 e. The summed E-state index contributed by atoms with van der Waals surface area (Å²) in [5, 5.41) is 8.95. The van der Waals surface area contributed by atoms with Gasteiger partial charge in [-0.3, -0.25) is 0 Å². The van der Waals surface area contributed by atoms with Crippen molar-refractivity contribution < 1.29 is 18.3 Å². The quantitative estimate of drug-likeness (QED) is 0.813. The van der Waals surface area contributed by atoms with Crippen molar-refractivity contribution in [2.75, 3.05) is 19.6 Å². The maximum atomic E-state index is 12.5. The van der Waals surface area contributed by atoms with Gasteiger partial charge in [-0.15, -0.1) is 6.42 Å². The fourth-order valence-corrected chi connectivity index (χ4v) is 3.65. The van der Waals surface area contributed by atoms with Gasteiger partial charge in [0.05, 0.1) is 11.4 Å². The number of sulfonamides is 1. The fourth-order valence-electron chi connectivity index (χ4n) is 2.09. The molecule has 1 aromatic carbocycles. The van der Waals surface area contributed by atoms with Gasteiger partial charge in [-0.25, -0.2) is 13.2 Å². The third-order valence-corrected chi connectivity index (χ3v) is 5.07. The zero-order valence-electron chi connectivity index (χ0n) is 10.6. The van der Waals surface area contributed by atoms with Crippen LogP contribution in [0.15, 0.2) is 35.2 Å². The van der Waals surface area contributed by atoms with E-state index >= 15 is 0 Å². The second-order valence-electron chi connectivity index (χ2n) is 4.34. The molecule has 0 aromatic heterocycles. The molecule has 0 spiro atoms. The molecule has 6 nitrogen and oxygen atoms in total. The first-order valence-electron chi connectivity index (χ1n) is 5.97. The van der Waals surface area contributed by atoms with Crippen molar-refractivity contribution in [3.8, 4) is 12.3 Å². The van der Waals surface area contributed by atoms with Crippen molar-refractivity contribution in [1.82, 2.24) is 9.21 Å². The minimum atomic E-state index is -3.70. The predicted octanol–water partition coefficient (Wildman–Crippen LogP) is 0.673. The molecular formula is C13H14N2O4S. The molecule has 1 aliphatic heterocycles. The molecule has 1 fully saturated rings. The molecule has 1 unspecified atom stereocenters. The molecule has 0 saturated carbocycles. The van der Waals surface area contributed by atoms with Crippen molar-refractivity contribution in [1.29, 1.82) is 0 Å². The van der Waals surface area contributed by atoms with E-state index in [1.54, 1.807) is 18.2 Å². The molecule has 7 heteroatoms. The van der Waals surface area contributed by atoms with Crippen LogP contribution in [0.4, 0.5) is 4.79 Å². The Labute approximate surface area is 117 Å². The summed E-state index contributed by atoms with van der Waals surface area (Å²) >= 11 is 0. The molecule has 1 N–H and O–H groups in total. The van der Waals surface area contributed by atoms with Crippen LogP contribution in [-0.2, 0) is 10.0 Å². The van der Waals surface area contributed by atoms with Gasteiger partial charge in [0.1, 0.15) is 6.04 Å². The minimum Gasteiger partial charge on any atom is -0.465 e. The van der Waals surface area contributed by atoms with Crippen LogP contribution >= 0.6 is 0 Å². The molecular weight excluding hydrogens is 280 g/mol. The van der Waals surface area contributed by atoms with Crippen molar-refractivity contribution in [2.24, 2.45) is 0 Å². The highest BCUT2D eigenvalue weighted by molar-refractivity contribution is 7.89. The van der Waals surface area contributed by atoms with E-state index in [-0.39, 0.29) is 24.5 Å².